The van der Waals surface area contributed by atoms with Crippen LogP contribution < -0.4 is 10.5 Å². The molecular weight excluding hydrogens is 240 g/mol. The molecule has 0 radical (unpaired) electrons. The third-order valence-electron chi connectivity index (χ3n) is 3.28. The summed E-state index contributed by atoms with van der Waals surface area (Å²) in [7, 11) is -2.14. The minimum absolute atomic E-state index is 0.0746. The summed E-state index contributed by atoms with van der Waals surface area (Å²) in [6.45, 7) is 0. The van der Waals surface area contributed by atoms with Gasteiger partial charge in [-0.2, -0.15) is 5.10 Å². The Kier molecular flexibility index (Phi) is 3.39. The van der Waals surface area contributed by atoms with Crippen LogP contribution in [-0.4, -0.2) is 25.2 Å². The second-order valence-electron chi connectivity index (χ2n) is 4.34. The van der Waals surface area contributed by atoms with E-state index in [1.54, 1.807) is 4.68 Å². The van der Waals surface area contributed by atoms with E-state index in [2.05, 4.69) is 9.82 Å². The first kappa shape index (κ1) is 12.4. The standard InChI is InChI=1S/C10H18N4O2S/c1-12-17(15,16)9-7-13-14(10(9)11)8-5-3-2-4-6-8/h7-8,12H,2-6,11H2,1H3. The number of anilines is 1. The Bertz CT molecular complexity index is 488. The molecule has 7 heteroatoms. The van der Waals surface area contributed by atoms with Gasteiger partial charge in [0.2, 0.25) is 10.0 Å². The summed E-state index contributed by atoms with van der Waals surface area (Å²) in [5.74, 6) is 0.242. The molecule has 1 aromatic heterocycles. The summed E-state index contributed by atoms with van der Waals surface area (Å²) >= 11 is 0. The number of aromatic nitrogens is 2. The van der Waals surface area contributed by atoms with Gasteiger partial charge in [-0.3, -0.25) is 0 Å². The highest BCUT2D eigenvalue weighted by atomic mass is 32.2. The van der Waals surface area contributed by atoms with Crippen molar-refractivity contribution < 1.29 is 8.42 Å². The Hall–Kier alpha value is -1.08. The van der Waals surface area contributed by atoms with Crippen molar-refractivity contribution in [3.8, 4) is 0 Å². The molecule has 1 aliphatic carbocycles. The summed E-state index contributed by atoms with van der Waals surface area (Å²) in [4.78, 5) is 0.0746. The van der Waals surface area contributed by atoms with Crippen molar-refractivity contribution in [2.45, 2.75) is 43.0 Å². The van der Waals surface area contributed by atoms with Gasteiger partial charge in [-0.1, -0.05) is 19.3 Å². The van der Waals surface area contributed by atoms with Crippen LogP contribution in [0.2, 0.25) is 0 Å². The van der Waals surface area contributed by atoms with Crippen LogP contribution in [0, 0.1) is 0 Å². The van der Waals surface area contributed by atoms with E-state index in [4.69, 9.17) is 5.73 Å². The lowest BCUT2D eigenvalue weighted by atomic mass is 9.96. The molecule has 96 valence electrons. The van der Waals surface area contributed by atoms with Crippen molar-refractivity contribution in [3.63, 3.8) is 0 Å². The molecule has 6 nitrogen and oxygen atoms in total. The third-order valence-corrected chi connectivity index (χ3v) is 4.71. The van der Waals surface area contributed by atoms with Crippen molar-refractivity contribution in [1.29, 1.82) is 0 Å². The van der Waals surface area contributed by atoms with E-state index >= 15 is 0 Å². The second kappa shape index (κ2) is 4.66. The maximum atomic E-state index is 11.7. The molecule has 0 unspecified atom stereocenters. The lowest BCUT2D eigenvalue weighted by molar-refractivity contribution is 0.333. The van der Waals surface area contributed by atoms with Gasteiger partial charge in [-0.15, -0.1) is 0 Å². The van der Waals surface area contributed by atoms with Crippen LogP contribution >= 0.6 is 0 Å². The van der Waals surface area contributed by atoms with Gasteiger partial charge >= 0.3 is 0 Å². The molecule has 1 fully saturated rings. The van der Waals surface area contributed by atoms with Gasteiger partial charge in [0, 0.05) is 0 Å². The smallest absolute Gasteiger partial charge is 0.245 e. The van der Waals surface area contributed by atoms with Gasteiger partial charge in [0.15, 0.2) is 0 Å². The van der Waals surface area contributed by atoms with Crippen LogP contribution in [0.1, 0.15) is 38.1 Å². The van der Waals surface area contributed by atoms with E-state index in [-0.39, 0.29) is 16.8 Å². The minimum Gasteiger partial charge on any atom is -0.383 e. The maximum Gasteiger partial charge on any atom is 0.245 e. The molecule has 0 aromatic carbocycles. The highest BCUT2D eigenvalue weighted by Crippen LogP contribution is 2.31. The van der Waals surface area contributed by atoms with Crippen LogP contribution in [0.3, 0.4) is 0 Å². The van der Waals surface area contributed by atoms with Crippen LogP contribution in [0.15, 0.2) is 11.1 Å². The molecule has 2 rings (SSSR count). The number of rotatable bonds is 3. The molecule has 1 heterocycles. The Morgan fingerprint density at radius 2 is 2.06 bits per heavy atom. The first-order valence-electron chi connectivity index (χ1n) is 5.83. The van der Waals surface area contributed by atoms with E-state index in [0.717, 1.165) is 25.7 Å². The van der Waals surface area contributed by atoms with Gasteiger partial charge < -0.3 is 5.73 Å². The molecule has 1 saturated carbocycles. The first-order valence-corrected chi connectivity index (χ1v) is 7.31. The van der Waals surface area contributed by atoms with Crippen molar-refractivity contribution in [1.82, 2.24) is 14.5 Å². The molecule has 1 aliphatic rings. The monoisotopic (exact) mass is 258 g/mol. The predicted molar refractivity (Wildman–Crippen MR) is 65.0 cm³/mol. The maximum absolute atomic E-state index is 11.7. The van der Waals surface area contributed by atoms with Crippen molar-refractivity contribution in [2.75, 3.05) is 12.8 Å². The number of sulfonamides is 1. The van der Waals surface area contributed by atoms with E-state index in [1.807, 2.05) is 0 Å². The Morgan fingerprint density at radius 3 is 2.65 bits per heavy atom. The fourth-order valence-electron chi connectivity index (χ4n) is 2.29. The first-order chi connectivity index (χ1) is 8.06. The summed E-state index contributed by atoms with van der Waals surface area (Å²) in [5.41, 5.74) is 5.88. The number of nitrogens with one attached hydrogen (secondary N) is 1. The average Bonchev–Trinajstić information content (AvgIpc) is 2.73. The summed E-state index contributed by atoms with van der Waals surface area (Å²) in [5, 5.41) is 4.13. The summed E-state index contributed by atoms with van der Waals surface area (Å²) < 4.78 is 27.3. The van der Waals surface area contributed by atoms with Gasteiger partial charge in [0.1, 0.15) is 10.7 Å². The fourth-order valence-corrected chi connectivity index (χ4v) is 3.06. The minimum atomic E-state index is -3.51. The highest BCUT2D eigenvalue weighted by molar-refractivity contribution is 7.89. The highest BCUT2D eigenvalue weighted by Gasteiger charge is 2.24. The molecule has 0 aliphatic heterocycles. The quantitative estimate of drug-likeness (QED) is 0.842. The molecule has 0 spiro atoms. The molecule has 0 bridgehead atoms. The van der Waals surface area contributed by atoms with Crippen molar-refractivity contribution in [2.24, 2.45) is 0 Å². The van der Waals surface area contributed by atoms with Crippen molar-refractivity contribution in [3.05, 3.63) is 6.20 Å². The third kappa shape index (κ3) is 2.30. The van der Waals surface area contributed by atoms with Gasteiger partial charge in [-0.05, 0) is 19.9 Å². The van der Waals surface area contributed by atoms with Crippen LogP contribution in [0.25, 0.3) is 0 Å². The molecule has 1 aromatic rings. The summed E-state index contributed by atoms with van der Waals surface area (Å²) in [6.07, 6.45) is 6.90. The van der Waals surface area contributed by atoms with Gasteiger partial charge in [0.05, 0.1) is 12.2 Å². The SMILES string of the molecule is CNS(=O)(=O)c1cnn(C2CCCCC2)c1N. The predicted octanol–water partition coefficient (Wildman–Crippen LogP) is 0.879. The number of nitrogens with zero attached hydrogens (tertiary/aromatic N) is 2. The van der Waals surface area contributed by atoms with Crippen molar-refractivity contribution >= 4 is 15.8 Å². The lowest BCUT2D eigenvalue weighted by Crippen LogP contribution is -2.21. The molecule has 17 heavy (non-hydrogen) atoms. The molecule has 0 atom stereocenters. The van der Waals surface area contributed by atoms with Crippen LogP contribution in [0.5, 0.6) is 0 Å². The zero-order valence-corrected chi connectivity index (χ0v) is 10.7. The summed E-state index contributed by atoms with van der Waals surface area (Å²) in [6, 6.07) is 0.240. The number of hydrogen-bond donors (Lipinski definition) is 2. The van der Waals surface area contributed by atoms with E-state index < -0.39 is 10.0 Å². The molecule has 0 saturated heterocycles. The zero-order chi connectivity index (χ0) is 12.5. The normalized spacial score (nSPS) is 18.4. The lowest BCUT2D eigenvalue weighted by Gasteiger charge is -2.22. The van der Waals surface area contributed by atoms with Crippen LogP contribution in [-0.2, 0) is 10.0 Å². The Labute approximate surface area is 101 Å². The zero-order valence-electron chi connectivity index (χ0n) is 9.89. The second-order valence-corrected chi connectivity index (χ2v) is 6.19. The average molecular weight is 258 g/mol. The fraction of sp³-hybridized carbons (Fsp3) is 0.700. The van der Waals surface area contributed by atoms with Gasteiger partial charge in [-0.25, -0.2) is 17.8 Å². The molecule has 0 amide bonds. The van der Waals surface area contributed by atoms with E-state index in [9.17, 15) is 8.42 Å². The number of hydrogen-bond acceptors (Lipinski definition) is 4. The van der Waals surface area contributed by atoms with E-state index in [0.29, 0.717) is 0 Å². The molecular formula is C10H18N4O2S. The Balaban J connectivity index is 2.32. The van der Waals surface area contributed by atoms with E-state index in [1.165, 1.54) is 19.7 Å². The van der Waals surface area contributed by atoms with Crippen LogP contribution in [0.4, 0.5) is 5.82 Å². The Morgan fingerprint density at radius 1 is 1.41 bits per heavy atom. The van der Waals surface area contributed by atoms with Gasteiger partial charge in [0.25, 0.3) is 0 Å². The number of nitrogen functional groups attached to an aromatic ring is 1. The number of nitrogens with two attached hydrogens (primary N) is 1. The topological polar surface area (TPSA) is 90.0 Å². The largest absolute Gasteiger partial charge is 0.383 e. The molecule has 3 N–H and O–H groups in total.